The molecule has 1 aliphatic rings. The summed E-state index contributed by atoms with van der Waals surface area (Å²) in [5.74, 6) is 0.0821. The Morgan fingerprint density at radius 1 is 1.53 bits per heavy atom. The molecule has 1 saturated heterocycles. The lowest BCUT2D eigenvalue weighted by atomic mass is 10.1. The Bertz CT molecular complexity index is 435. The van der Waals surface area contributed by atoms with Crippen LogP contribution in [0.4, 0.5) is 0 Å². The number of carbonyl (C=O) groups excluding carboxylic acids is 1. The normalized spacial score (nSPS) is 20.8. The van der Waals surface area contributed by atoms with Gasteiger partial charge in [0.25, 0.3) is 0 Å². The van der Waals surface area contributed by atoms with Crippen molar-refractivity contribution in [3.63, 3.8) is 0 Å². The lowest BCUT2D eigenvalue weighted by Crippen LogP contribution is -2.47. The molecular weight excluding hydrogens is 280 g/mol. The first-order valence-corrected chi connectivity index (χ1v) is 7.85. The standard InChI is InChI=1S/C14H19ClN2OS/c1-10(19-13-7-3-2-6-12(13)15)14(18)17-11-5-4-8-16-9-11/h2-3,6-7,10-11,16H,4-5,8-9H2,1H3,(H,17,18)/t10?,11-/m0/s1. The van der Waals surface area contributed by atoms with Crippen LogP contribution >= 0.6 is 23.4 Å². The van der Waals surface area contributed by atoms with Crippen molar-refractivity contribution in [3.05, 3.63) is 29.3 Å². The fourth-order valence-corrected chi connectivity index (χ4v) is 3.24. The number of amides is 1. The Labute approximate surface area is 123 Å². The van der Waals surface area contributed by atoms with Gasteiger partial charge < -0.3 is 10.6 Å². The van der Waals surface area contributed by atoms with Crippen LogP contribution in [0, 0.1) is 0 Å². The van der Waals surface area contributed by atoms with Crippen LogP contribution in [0.25, 0.3) is 0 Å². The lowest BCUT2D eigenvalue weighted by Gasteiger charge is -2.25. The molecule has 3 nitrogen and oxygen atoms in total. The average molecular weight is 299 g/mol. The first-order valence-electron chi connectivity index (χ1n) is 6.59. The summed E-state index contributed by atoms with van der Waals surface area (Å²) in [5.41, 5.74) is 0. The topological polar surface area (TPSA) is 41.1 Å². The second kappa shape index (κ2) is 7.17. The number of hydrogen-bond acceptors (Lipinski definition) is 3. The molecule has 1 aliphatic heterocycles. The summed E-state index contributed by atoms with van der Waals surface area (Å²) in [5, 5.41) is 6.95. The summed E-state index contributed by atoms with van der Waals surface area (Å²) in [7, 11) is 0. The Kier molecular flexibility index (Phi) is 5.55. The van der Waals surface area contributed by atoms with Gasteiger partial charge in [-0.15, -0.1) is 11.8 Å². The van der Waals surface area contributed by atoms with Crippen LogP contribution in [-0.4, -0.2) is 30.3 Å². The van der Waals surface area contributed by atoms with E-state index in [4.69, 9.17) is 11.6 Å². The highest BCUT2D eigenvalue weighted by Gasteiger charge is 2.20. The maximum absolute atomic E-state index is 12.1. The molecule has 2 atom stereocenters. The van der Waals surface area contributed by atoms with E-state index in [1.807, 2.05) is 31.2 Å². The van der Waals surface area contributed by atoms with Crippen molar-refractivity contribution in [2.24, 2.45) is 0 Å². The van der Waals surface area contributed by atoms with Crippen molar-refractivity contribution in [1.82, 2.24) is 10.6 Å². The third kappa shape index (κ3) is 4.41. The minimum absolute atomic E-state index is 0.0821. The van der Waals surface area contributed by atoms with Gasteiger partial charge in [-0.3, -0.25) is 4.79 Å². The zero-order valence-corrected chi connectivity index (χ0v) is 12.6. The summed E-state index contributed by atoms with van der Waals surface area (Å²) in [4.78, 5) is 13.1. The van der Waals surface area contributed by atoms with Crippen LogP contribution < -0.4 is 10.6 Å². The SMILES string of the molecule is CC(Sc1ccccc1Cl)C(=O)N[C@H]1CCCNC1. The quantitative estimate of drug-likeness (QED) is 0.840. The molecule has 104 valence electrons. The summed E-state index contributed by atoms with van der Waals surface area (Å²) in [6, 6.07) is 7.88. The third-order valence-electron chi connectivity index (χ3n) is 3.15. The highest BCUT2D eigenvalue weighted by Crippen LogP contribution is 2.30. The average Bonchev–Trinajstić information content (AvgIpc) is 2.42. The molecule has 1 aromatic carbocycles. The van der Waals surface area contributed by atoms with E-state index >= 15 is 0 Å². The Morgan fingerprint density at radius 3 is 3.00 bits per heavy atom. The van der Waals surface area contributed by atoms with E-state index in [9.17, 15) is 4.79 Å². The first-order chi connectivity index (χ1) is 9.16. The molecule has 2 rings (SSSR count). The van der Waals surface area contributed by atoms with Gasteiger partial charge in [0.15, 0.2) is 0 Å². The van der Waals surface area contributed by atoms with Gasteiger partial charge in [-0.1, -0.05) is 23.7 Å². The fourth-order valence-electron chi connectivity index (χ4n) is 2.08. The molecule has 2 N–H and O–H groups in total. The molecule has 1 fully saturated rings. The number of hydrogen-bond donors (Lipinski definition) is 2. The van der Waals surface area contributed by atoms with Crippen LogP contribution in [0.2, 0.25) is 5.02 Å². The zero-order valence-electron chi connectivity index (χ0n) is 11.0. The van der Waals surface area contributed by atoms with E-state index in [1.165, 1.54) is 11.8 Å². The lowest BCUT2D eigenvalue weighted by molar-refractivity contribution is -0.121. The van der Waals surface area contributed by atoms with Crippen molar-refractivity contribution in [2.75, 3.05) is 13.1 Å². The van der Waals surface area contributed by atoms with Gasteiger partial charge in [-0.25, -0.2) is 0 Å². The highest BCUT2D eigenvalue weighted by molar-refractivity contribution is 8.00. The molecule has 1 unspecified atom stereocenters. The van der Waals surface area contributed by atoms with E-state index in [0.717, 1.165) is 30.8 Å². The molecule has 0 aromatic heterocycles. The van der Waals surface area contributed by atoms with E-state index in [0.29, 0.717) is 5.02 Å². The molecule has 0 saturated carbocycles. The van der Waals surface area contributed by atoms with Gasteiger partial charge in [0.1, 0.15) is 0 Å². The predicted molar refractivity (Wildman–Crippen MR) is 80.8 cm³/mol. The van der Waals surface area contributed by atoms with Crippen LogP contribution in [0.15, 0.2) is 29.2 Å². The minimum atomic E-state index is -0.137. The second-order valence-corrected chi connectivity index (χ2v) is 6.53. The van der Waals surface area contributed by atoms with E-state index in [-0.39, 0.29) is 17.2 Å². The molecule has 0 radical (unpaired) electrons. The largest absolute Gasteiger partial charge is 0.351 e. The number of nitrogens with one attached hydrogen (secondary N) is 2. The Morgan fingerprint density at radius 2 is 2.32 bits per heavy atom. The third-order valence-corrected chi connectivity index (χ3v) is 4.77. The number of piperidine rings is 1. The Balaban J connectivity index is 1.87. The monoisotopic (exact) mass is 298 g/mol. The van der Waals surface area contributed by atoms with Crippen molar-refractivity contribution in [3.8, 4) is 0 Å². The maximum Gasteiger partial charge on any atom is 0.233 e. The molecule has 1 amide bonds. The number of rotatable bonds is 4. The van der Waals surface area contributed by atoms with Crippen LogP contribution in [0.1, 0.15) is 19.8 Å². The molecule has 0 spiro atoms. The first kappa shape index (κ1) is 14.7. The van der Waals surface area contributed by atoms with Crippen LogP contribution in [0.3, 0.4) is 0 Å². The van der Waals surface area contributed by atoms with Crippen molar-refractivity contribution in [1.29, 1.82) is 0 Å². The van der Waals surface area contributed by atoms with Gasteiger partial charge in [-0.05, 0) is 38.4 Å². The van der Waals surface area contributed by atoms with Gasteiger partial charge in [0.05, 0.1) is 10.3 Å². The maximum atomic E-state index is 12.1. The summed E-state index contributed by atoms with van der Waals surface area (Å²) in [6.07, 6.45) is 2.18. The van der Waals surface area contributed by atoms with Crippen molar-refractivity contribution in [2.45, 2.75) is 36.0 Å². The van der Waals surface area contributed by atoms with Crippen LogP contribution in [-0.2, 0) is 4.79 Å². The van der Waals surface area contributed by atoms with E-state index in [1.54, 1.807) is 0 Å². The van der Waals surface area contributed by atoms with Crippen LogP contribution in [0.5, 0.6) is 0 Å². The number of carbonyl (C=O) groups is 1. The number of thioether (sulfide) groups is 1. The minimum Gasteiger partial charge on any atom is -0.351 e. The highest BCUT2D eigenvalue weighted by atomic mass is 35.5. The summed E-state index contributed by atoms with van der Waals surface area (Å²) >= 11 is 7.60. The molecule has 1 aromatic rings. The molecule has 0 aliphatic carbocycles. The summed E-state index contributed by atoms with van der Waals surface area (Å²) < 4.78 is 0. The number of halogens is 1. The predicted octanol–water partition coefficient (Wildman–Crippen LogP) is 2.69. The Hall–Kier alpha value is -0.710. The van der Waals surface area contributed by atoms with Crippen molar-refractivity contribution >= 4 is 29.3 Å². The zero-order chi connectivity index (χ0) is 13.7. The van der Waals surface area contributed by atoms with Crippen molar-refractivity contribution < 1.29 is 4.79 Å². The van der Waals surface area contributed by atoms with E-state index in [2.05, 4.69) is 10.6 Å². The van der Waals surface area contributed by atoms with Gasteiger partial charge in [0.2, 0.25) is 5.91 Å². The molecule has 1 heterocycles. The molecule has 5 heteroatoms. The molecular formula is C14H19ClN2OS. The second-order valence-electron chi connectivity index (χ2n) is 4.74. The van der Waals surface area contributed by atoms with Gasteiger partial charge >= 0.3 is 0 Å². The fraction of sp³-hybridized carbons (Fsp3) is 0.500. The molecule has 0 bridgehead atoms. The number of benzene rings is 1. The summed E-state index contributed by atoms with van der Waals surface area (Å²) in [6.45, 7) is 3.84. The van der Waals surface area contributed by atoms with E-state index < -0.39 is 0 Å². The smallest absolute Gasteiger partial charge is 0.233 e. The van der Waals surface area contributed by atoms with Gasteiger partial charge in [-0.2, -0.15) is 0 Å². The van der Waals surface area contributed by atoms with Gasteiger partial charge in [0, 0.05) is 17.5 Å². The molecule has 19 heavy (non-hydrogen) atoms.